The summed E-state index contributed by atoms with van der Waals surface area (Å²) in [4.78, 5) is 26.9. The summed E-state index contributed by atoms with van der Waals surface area (Å²) in [6.45, 7) is 6.94. The predicted molar refractivity (Wildman–Crippen MR) is 102 cm³/mol. The first-order valence-corrected chi connectivity index (χ1v) is 9.34. The van der Waals surface area contributed by atoms with Crippen molar-refractivity contribution in [2.24, 2.45) is 0 Å². The van der Waals surface area contributed by atoms with E-state index < -0.39 is 5.97 Å². The molecule has 1 N–H and O–H groups in total. The van der Waals surface area contributed by atoms with Crippen molar-refractivity contribution in [3.63, 3.8) is 0 Å². The first-order valence-electron chi connectivity index (χ1n) is 8.09. The van der Waals surface area contributed by atoms with Gasteiger partial charge in [0.05, 0.1) is 15.5 Å². The van der Waals surface area contributed by atoms with Gasteiger partial charge in [-0.15, -0.1) is 11.3 Å². The van der Waals surface area contributed by atoms with Gasteiger partial charge in [-0.25, -0.2) is 4.79 Å². The van der Waals surface area contributed by atoms with Crippen molar-refractivity contribution in [1.82, 2.24) is 4.90 Å². The number of halogens is 1. The molecule has 0 aliphatic heterocycles. The molecular weight excluding hydrogens is 360 g/mol. The van der Waals surface area contributed by atoms with Crippen LogP contribution in [0.1, 0.15) is 33.9 Å². The van der Waals surface area contributed by atoms with E-state index in [0.29, 0.717) is 23.7 Å². The molecule has 0 unspecified atom stereocenters. The predicted octanol–water partition coefficient (Wildman–Crippen LogP) is 4.15. The van der Waals surface area contributed by atoms with Crippen LogP contribution in [0, 0.1) is 0 Å². The van der Waals surface area contributed by atoms with E-state index in [1.54, 1.807) is 24.3 Å². The molecule has 2 aromatic rings. The number of hydrogen-bond donors (Lipinski definition) is 1. The van der Waals surface area contributed by atoms with Crippen LogP contribution in [-0.2, 0) is 4.74 Å². The molecule has 7 heteroatoms. The Balaban J connectivity index is 1.94. The lowest BCUT2D eigenvalue weighted by Crippen LogP contribution is -2.27. The van der Waals surface area contributed by atoms with Gasteiger partial charge in [-0.1, -0.05) is 31.5 Å². The average molecular weight is 381 g/mol. The molecular formula is C18H21ClN2O3S. The molecule has 0 aliphatic carbocycles. The van der Waals surface area contributed by atoms with E-state index >= 15 is 0 Å². The van der Waals surface area contributed by atoms with Crippen LogP contribution >= 0.6 is 22.9 Å². The third-order valence-electron chi connectivity index (χ3n) is 3.73. The van der Waals surface area contributed by atoms with Crippen LogP contribution in [0.25, 0.3) is 0 Å². The molecule has 1 aromatic carbocycles. The van der Waals surface area contributed by atoms with Crippen molar-refractivity contribution in [2.75, 3.05) is 31.6 Å². The lowest BCUT2D eigenvalue weighted by atomic mass is 10.2. The van der Waals surface area contributed by atoms with Gasteiger partial charge in [0.2, 0.25) is 0 Å². The second kappa shape index (κ2) is 9.56. The van der Waals surface area contributed by atoms with Gasteiger partial charge in [-0.05, 0) is 42.7 Å². The summed E-state index contributed by atoms with van der Waals surface area (Å²) in [5, 5.41) is 4.83. The topological polar surface area (TPSA) is 58.6 Å². The van der Waals surface area contributed by atoms with Gasteiger partial charge in [0.25, 0.3) is 5.91 Å². The molecule has 0 fully saturated rings. The molecule has 25 heavy (non-hydrogen) atoms. The van der Waals surface area contributed by atoms with E-state index in [1.807, 2.05) is 11.4 Å². The maximum Gasteiger partial charge on any atom is 0.339 e. The molecule has 0 aliphatic rings. The molecule has 2 rings (SSSR count). The number of anilines is 1. The summed E-state index contributed by atoms with van der Waals surface area (Å²) in [6.07, 6.45) is 0. The summed E-state index contributed by atoms with van der Waals surface area (Å²) in [5.74, 6) is -0.672. The number of nitrogens with zero attached hydrogens (tertiary/aromatic N) is 1. The van der Waals surface area contributed by atoms with Gasteiger partial charge >= 0.3 is 5.97 Å². The Labute approximate surface area is 156 Å². The molecule has 134 valence electrons. The molecule has 0 atom stereocenters. The van der Waals surface area contributed by atoms with Crippen LogP contribution in [0.15, 0.2) is 35.7 Å². The number of esters is 1. The van der Waals surface area contributed by atoms with E-state index in [9.17, 15) is 9.59 Å². The van der Waals surface area contributed by atoms with E-state index in [2.05, 4.69) is 24.1 Å². The summed E-state index contributed by atoms with van der Waals surface area (Å²) in [7, 11) is 0. The number of ether oxygens (including phenoxy) is 1. The highest BCUT2D eigenvalue weighted by molar-refractivity contribution is 7.12. The van der Waals surface area contributed by atoms with E-state index in [-0.39, 0.29) is 16.5 Å². The summed E-state index contributed by atoms with van der Waals surface area (Å²) >= 11 is 7.52. The zero-order valence-electron chi connectivity index (χ0n) is 14.3. The first kappa shape index (κ1) is 19.4. The zero-order valence-corrected chi connectivity index (χ0v) is 15.8. The van der Waals surface area contributed by atoms with E-state index in [0.717, 1.165) is 13.1 Å². The van der Waals surface area contributed by atoms with Crippen LogP contribution in [0.4, 0.5) is 5.69 Å². The molecule has 0 bridgehead atoms. The van der Waals surface area contributed by atoms with Gasteiger partial charge in [0, 0.05) is 12.2 Å². The molecule has 1 heterocycles. The number of nitrogens with one attached hydrogen (secondary N) is 1. The quantitative estimate of drug-likeness (QED) is 0.699. The maximum atomic E-state index is 12.1. The molecule has 1 amide bonds. The van der Waals surface area contributed by atoms with Crippen LogP contribution in [0.2, 0.25) is 5.02 Å². The fourth-order valence-corrected chi connectivity index (χ4v) is 3.12. The highest BCUT2D eigenvalue weighted by Crippen LogP contribution is 2.23. The minimum Gasteiger partial charge on any atom is -0.461 e. The largest absolute Gasteiger partial charge is 0.461 e. The number of rotatable bonds is 8. The monoisotopic (exact) mass is 380 g/mol. The third-order valence-corrected chi connectivity index (χ3v) is 4.91. The van der Waals surface area contributed by atoms with E-state index in [1.165, 1.54) is 11.3 Å². The van der Waals surface area contributed by atoms with Crippen LogP contribution in [-0.4, -0.2) is 43.0 Å². The number of thiophene rings is 1. The normalized spacial score (nSPS) is 10.7. The SMILES string of the molecule is CCN(CC)CCOC(=O)c1ccc(NC(=O)c2cccs2)cc1Cl. The lowest BCUT2D eigenvalue weighted by Gasteiger charge is -2.17. The molecule has 5 nitrogen and oxygen atoms in total. The molecule has 0 saturated carbocycles. The van der Waals surface area contributed by atoms with Crippen LogP contribution in [0.3, 0.4) is 0 Å². The van der Waals surface area contributed by atoms with Gasteiger partial charge in [-0.2, -0.15) is 0 Å². The first-order chi connectivity index (χ1) is 12.0. The molecule has 0 spiro atoms. The Hall–Kier alpha value is -1.89. The average Bonchev–Trinajstić information content (AvgIpc) is 3.13. The van der Waals surface area contributed by atoms with Gasteiger partial charge in [0.15, 0.2) is 0 Å². The maximum absolute atomic E-state index is 12.1. The number of likely N-dealkylation sites (N-methyl/N-ethyl adjacent to an activating group) is 1. The fraction of sp³-hybridized carbons (Fsp3) is 0.333. The van der Waals surface area contributed by atoms with Crippen molar-refractivity contribution in [3.05, 3.63) is 51.2 Å². The van der Waals surface area contributed by atoms with Crippen LogP contribution < -0.4 is 5.32 Å². The molecule has 0 radical (unpaired) electrons. The highest BCUT2D eigenvalue weighted by atomic mass is 35.5. The van der Waals surface area contributed by atoms with Gasteiger partial charge in [-0.3, -0.25) is 4.79 Å². The van der Waals surface area contributed by atoms with Gasteiger partial charge in [0.1, 0.15) is 6.61 Å². The second-order valence-corrected chi connectivity index (χ2v) is 6.64. The number of benzene rings is 1. The second-order valence-electron chi connectivity index (χ2n) is 5.29. The zero-order chi connectivity index (χ0) is 18.2. The fourth-order valence-electron chi connectivity index (χ4n) is 2.24. The minimum atomic E-state index is -0.465. The third kappa shape index (κ3) is 5.56. The number of amides is 1. The summed E-state index contributed by atoms with van der Waals surface area (Å²) < 4.78 is 5.27. The van der Waals surface area contributed by atoms with Crippen molar-refractivity contribution in [3.8, 4) is 0 Å². The standard InChI is InChI=1S/C18H21ClN2O3S/c1-3-21(4-2)9-10-24-18(23)14-8-7-13(12-15(14)19)20-17(22)16-6-5-11-25-16/h5-8,11-12H,3-4,9-10H2,1-2H3,(H,20,22). The Morgan fingerprint density at radius 3 is 2.60 bits per heavy atom. The Morgan fingerprint density at radius 1 is 1.24 bits per heavy atom. The van der Waals surface area contributed by atoms with Gasteiger partial charge < -0.3 is 15.0 Å². The van der Waals surface area contributed by atoms with E-state index in [4.69, 9.17) is 16.3 Å². The Bertz CT molecular complexity index is 715. The summed E-state index contributed by atoms with van der Waals surface area (Å²) in [5.41, 5.74) is 0.818. The highest BCUT2D eigenvalue weighted by Gasteiger charge is 2.14. The van der Waals surface area contributed by atoms with Crippen LogP contribution in [0.5, 0.6) is 0 Å². The van der Waals surface area contributed by atoms with Crippen molar-refractivity contribution >= 4 is 40.5 Å². The number of carbonyl (C=O) groups excluding carboxylic acids is 2. The van der Waals surface area contributed by atoms with Crippen molar-refractivity contribution in [1.29, 1.82) is 0 Å². The minimum absolute atomic E-state index is 0.208. The van der Waals surface area contributed by atoms with Crippen molar-refractivity contribution in [2.45, 2.75) is 13.8 Å². The van der Waals surface area contributed by atoms with Crippen molar-refractivity contribution < 1.29 is 14.3 Å². The molecule has 1 aromatic heterocycles. The Morgan fingerprint density at radius 2 is 2.00 bits per heavy atom. The molecule has 0 saturated heterocycles. The Kier molecular flexibility index (Phi) is 7.43. The summed E-state index contributed by atoms with van der Waals surface area (Å²) in [6, 6.07) is 8.30. The number of hydrogen-bond acceptors (Lipinski definition) is 5. The smallest absolute Gasteiger partial charge is 0.339 e. The number of carbonyl (C=O) groups is 2. The lowest BCUT2D eigenvalue weighted by molar-refractivity contribution is 0.0466.